The Balaban J connectivity index is 2.26. The largest absolute Gasteiger partial charge is 0.458 e. The summed E-state index contributed by atoms with van der Waals surface area (Å²) >= 11 is 0. The van der Waals surface area contributed by atoms with Gasteiger partial charge in [0.1, 0.15) is 0 Å². The third kappa shape index (κ3) is 0.778. The van der Waals surface area contributed by atoms with Crippen LogP contribution < -0.4 is 0 Å². The Morgan fingerprint density at radius 3 is 2.38 bits per heavy atom. The molecule has 0 aromatic rings. The van der Waals surface area contributed by atoms with Crippen LogP contribution in [-0.2, 0) is 9.53 Å². The molecule has 0 spiro atoms. The molecule has 8 heavy (non-hydrogen) atoms. The lowest BCUT2D eigenvalue weighted by molar-refractivity contribution is -0.133. The first-order valence-electron chi connectivity index (χ1n) is 2.14. The predicted molar refractivity (Wildman–Crippen MR) is 20.5 cm³/mol. The number of hydrogen-bond donors (Lipinski definition) is 0. The van der Waals surface area contributed by atoms with Gasteiger partial charge < -0.3 is 4.74 Å². The molecule has 1 fully saturated rings. The lowest BCUT2D eigenvalue weighted by Gasteiger charge is -1.90. The summed E-state index contributed by atoms with van der Waals surface area (Å²) in [4.78, 5) is 9.39. The van der Waals surface area contributed by atoms with Gasteiger partial charge in [-0.25, -0.2) is 8.78 Å². The highest BCUT2D eigenvalue weighted by atomic mass is 19.3. The minimum atomic E-state index is -2.74. The van der Waals surface area contributed by atoms with E-state index < -0.39 is 12.0 Å². The van der Waals surface area contributed by atoms with Crippen molar-refractivity contribution in [2.24, 2.45) is 0 Å². The molecule has 1 rings (SSSR count). The average Bonchev–Trinajstić information content (AvgIpc) is 2.15. The molecule has 0 radical (unpaired) electrons. The van der Waals surface area contributed by atoms with E-state index in [1.54, 1.807) is 0 Å². The zero-order valence-electron chi connectivity index (χ0n) is 3.93. The van der Waals surface area contributed by atoms with Gasteiger partial charge in [-0.1, -0.05) is 0 Å². The van der Waals surface area contributed by atoms with Gasteiger partial charge in [-0.15, -0.1) is 0 Å². The first-order valence-corrected chi connectivity index (χ1v) is 2.14. The molecule has 0 aliphatic heterocycles. The third-order valence-electron chi connectivity index (χ3n) is 0.988. The van der Waals surface area contributed by atoms with Crippen molar-refractivity contribution < 1.29 is 18.3 Å². The summed E-state index contributed by atoms with van der Waals surface area (Å²) in [7, 11) is 0. The molecule has 0 aromatic heterocycles. The highest BCUT2D eigenvalue weighted by Gasteiger charge is 2.59. The summed E-state index contributed by atoms with van der Waals surface area (Å²) in [5.74, 6) is -2.74. The standard InChI is InChI=1S/C4H4F2O2/c5-4(6)1-3(4)8-2-7/h2-3H,1H2/t3-/m1/s1. The zero-order chi connectivity index (χ0) is 6.20. The second kappa shape index (κ2) is 1.40. The van der Waals surface area contributed by atoms with Gasteiger partial charge in [-0.3, -0.25) is 4.79 Å². The van der Waals surface area contributed by atoms with Gasteiger partial charge in [0.2, 0.25) is 0 Å². The molecule has 0 heterocycles. The highest BCUT2D eigenvalue weighted by Crippen LogP contribution is 2.43. The molecule has 2 nitrogen and oxygen atoms in total. The van der Waals surface area contributed by atoms with E-state index >= 15 is 0 Å². The Morgan fingerprint density at radius 2 is 2.25 bits per heavy atom. The lowest BCUT2D eigenvalue weighted by atomic mass is 10.8. The first-order chi connectivity index (χ1) is 3.67. The lowest BCUT2D eigenvalue weighted by Crippen LogP contribution is -2.01. The van der Waals surface area contributed by atoms with Gasteiger partial charge in [0.15, 0.2) is 6.10 Å². The van der Waals surface area contributed by atoms with Crippen molar-refractivity contribution in [2.45, 2.75) is 18.4 Å². The quantitative estimate of drug-likeness (QED) is 0.500. The van der Waals surface area contributed by atoms with Crippen LogP contribution in [0.3, 0.4) is 0 Å². The normalized spacial score (nSPS) is 31.5. The molecule has 0 unspecified atom stereocenters. The van der Waals surface area contributed by atoms with Crippen molar-refractivity contribution in [2.75, 3.05) is 0 Å². The molecule has 0 bridgehead atoms. The van der Waals surface area contributed by atoms with Crippen LogP contribution in [0.15, 0.2) is 0 Å². The van der Waals surface area contributed by atoms with Crippen molar-refractivity contribution in [3.63, 3.8) is 0 Å². The average molecular weight is 122 g/mol. The number of carbonyl (C=O) groups excluding carboxylic acids is 1. The third-order valence-corrected chi connectivity index (χ3v) is 0.988. The first kappa shape index (κ1) is 5.47. The van der Waals surface area contributed by atoms with E-state index in [0.717, 1.165) is 0 Å². The molecular weight excluding hydrogens is 118 g/mol. The maximum atomic E-state index is 11.7. The van der Waals surface area contributed by atoms with E-state index in [4.69, 9.17) is 0 Å². The fourth-order valence-electron chi connectivity index (χ4n) is 0.403. The summed E-state index contributed by atoms with van der Waals surface area (Å²) in [5, 5.41) is 0. The van der Waals surface area contributed by atoms with Gasteiger partial charge in [0.05, 0.1) is 6.42 Å². The van der Waals surface area contributed by atoms with Gasteiger partial charge in [-0.2, -0.15) is 0 Å². The second-order valence-electron chi connectivity index (χ2n) is 1.69. The molecule has 0 aromatic carbocycles. The maximum absolute atomic E-state index is 11.7. The number of rotatable bonds is 2. The van der Waals surface area contributed by atoms with E-state index in [0.29, 0.717) is 0 Å². The summed E-state index contributed by atoms with van der Waals surface area (Å²) < 4.78 is 27.3. The summed E-state index contributed by atoms with van der Waals surface area (Å²) in [6.45, 7) is 0.0472. The van der Waals surface area contributed by atoms with Crippen molar-refractivity contribution in [3.05, 3.63) is 0 Å². The Kier molecular flexibility index (Phi) is 0.957. The van der Waals surface area contributed by atoms with Crippen molar-refractivity contribution in [3.8, 4) is 0 Å². The molecule has 0 saturated heterocycles. The van der Waals surface area contributed by atoms with Crippen LogP contribution >= 0.6 is 0 Å². The number of hydrogen-bond acceptors (Lipinski definition) is 2. The van der Waals surface area contributed by atoms with Crippen LogP contribution in [0, 0.1) is 0 Å². The van der Waals surface area contributed by atoms with Crippen LogP contribution in [0.2, 0.25) is 0 Å². The van der Waals surface area contributed by atoms with E-state index in [9.17, 15) is 13.6 Å². The maximum Gasteiger partial charge on any atom is 0.293 e. The van der Waals surface area contributed by atoms with E-state index in [1.807, 2.05) is 0 Å². The summed E-state index contributed by atoms with van der Waals surface area (Å²) in [6.07, 6.45) is -1.45. The monoisotopic (exact) mass is 122 g/mol. The van der Waals surface area contributed by atoms with E-state index in [1.165, 1.54) is 0 Å². The number of ether oxygens (including phenoxy) is 1. The minimum Gasteiger partial charge on any atom is -0.458 e. The molecule has 46 valence electrons. The molecule has 0 amide bonds. The Bertz CT molecular complexity index is 113. The smallest absolute Gasteiger partial charge is 0.293 e. The molecule has 1 saturated carbocycles. The topological polar surface area (TPSA) is 26.3 Å². The van der Waals surface area contributed by atoms with Crippen LogP contribution in [0.5, 0.6) is 0 Å². The SMILES string of the molecule is O=CO[C@@H]1CC1(F)F. The van der Waals surface area contributed by atoms with Crippen LogP contribution in [0.25, 0.3) is 0 Å². The Labute approximate surface area is 44.4 Å². The van der Waals surface area contributed by atoms with E-state index in [-0.39, 0.29) is 12.9 Å². The van der Waals surface area contributed by atoms with Crippen LogP contribution in [-0.4, -0.2) is 18.5 Å². The van der Waals surface area contributed by atoms with Crippen LogP contribution in [0.1, 0.15) is 6.42 Å². The summed E-state index contributed by atoms with van der Waals surface area (Å²) in [6, 6.07) is 0. The molecule has 1 aliphatic carbocycles. The Morgan fingerprint density at radius 1 is 1.75 bits per heavy atom. The predicted octanol–water partition coefficient (Wildman–Crippen LogP) is 0.567. The number of carbonyl (C=O) groups is 1. The van der Waals surface area contributed by atoms with Crippen molar-refractivity contribution >= 4 is 6.47 Å². The highest BCUT2D eigenvalue weighted by molar-refractivity contribution is 5.38. The number of alkyl halides is 2. The zero-order valence-corrected chi connectivity index (χ0v) is 3.93. The van der Waals surface area contributed by atoms with E-state index in [2.05, 4.69) is 4.74 Å². The molecular formula is C4H4F2O2. The number of halogens is 2. The van der Waals surface area contributed by atoms with Gasteiger partial charge in [0, 0.05) is 0 Å². The fraction of sp³-hybridized carbons (Fsp3) is 0.750. The second-order valence-corrected chi connectivity index (χ2v) is 1.69. The fourth-order valence-corrected chi connectivity index (χ4v) is 0.403. The molecule has 4 heteroatoms. The van der Waals surface area contributed by atoms with Crippen LogP contribution in [0.4, 0.5) is 8.78 Å². The molecule has 0 N–H and O–H groups in total. The molecule has 1 aliphatic rings. The molecule has 1 atom stereocenters. The van der Waals surface area contributed by atoms with Gasteiger partial charge >= 0.3 is 0 Å². The summed E-state index contributed by atoms with van der Waals surface area (Å²) in [5.41, 5.74) is 0. The Hall–Kier alpha value is -0.670. The van der Waals surface area contributed by atoms with Gasteiger partial charge in [-0.05, 0) is 0 Å². The van der Waals surface area contributed by atoms with Crippen molar-refractivity contribution in [1.82, 2.24) is 0 Å². The van der Waals surface area contributed by atoms with Gasteiger partial charge in [0.25, 0.3) is 12.4 Å². The minimum absolute atomic E-state index is 0.0472. The van der Waals surface area contributed by atoms with Crippen molar-refractivity contribution in [1.29, 1.82) is 0 Å².